The van der Waals surface area contributed by atoms with Crippen molar-refractivity contribution in [2.24, 2.45) is 18.4 Å². The minimum absolute atomic E-state index is 0.0580. The minimum Gasteiger partial charge on any atom is -0.340 e. The number of hydrogen-bond acceptors (Lipinski definition) is 6. The van der Waals surface area contributed by atoms with E-state index in [4.69, 9.17) is 23.2 Å². The Balaban J connectivity index is 1.46. The number of aryl methyl sites for hydroxylation is 2. The fraction of sp³-hybridized carbons (Fsp3) is 0.419. The van der Waals surface area contributed by atoms with E-state index in [0.717, 1.165) is 6.42 Å². The molecule has 4 rings (SSSR count). The molecule has 0 saturated carbocycles. The van der Waals surface area contributed by atoms with Gasteiger partial charge in [0, 0.05) is 36.3 Å². The second-order valence-corrected chi connectivity index (χ2v) is 14.6. The Hall–Kier alpha value is -3.41. The number of nitrogens with zero attached hydrogens (tertiary/aromatic N) is 3. The largest absolute Gasteiger partial charge is 0.340 e. The lowest BCUT2D eigenvalue weighted by molar-refractivity contribution is -0.137. The van der Waals surface area contributed by atoms with Gasteiger partial charge in [0.05, 0.1) is 5.69 Å². The Morgan fingerprint density at radius 1 is 1.02 bits per heavy atom. The first-order chi connectivity index (χ1) is 20.5. The molecule has 1 aromatic heterocycles. The number of hydrogen-bond donors (Lipinski definition) is 2. The smallest absolute Gasteiger partial charge is 0.269 e. The number of likely N-dealkylation sites (tertiary alicyclic amines) is 1. The molecular weight excluding hydrogens is 625 g/mol. The zero-order chi connectivity index (χ0) is 32.6. The third kappa shape index (κ3) is 7.11. The molecule has 236 valence electrons. The van der Waals surface area contributed by atoms with Gasteiger partial charge in [-0.1, -0.05) is 69.1 Å². The molecule has 0 spiro atoms. The van der Waals surface area contributed by atoms with E-state index >= 15 is 0 Å². The van der Waals surface area contributed by atoms with Crippen LogP contribution < -0.4 is 10.0 Å². The highest BCUT2D eigenvalue weighted by Gasteiger charge is 2.40. The number of piperidine rings is 1. The van der Waals surface area contributed by atoms with Gasteiger partial charge in [0.15, 0.2) is 0 Å². The number of benzene rings is 2. The van der Waals surface area contributed by atoms with Gasteiger partial charge in [0.1, 0.15) is 16.1 Å². The third-order valence-electron chi connectivity index (χ3n) is 8.02. The lowest BCUT2D eigenvalue weighted by Crippen LogP contribution is -2.55. The van der Waals surface area contributed by atoms with Crippen LogP contribution in [0.4, 0.5) is 0 Å². The second kappa shape index (κ2) is 12.9. The molecule has 10 nitrogen and oxygen atoms in total. The number of halogens is 2. The molecule has 0 unspecified atom stereocenters. The summed E-state index contributed by atoms with van der Waals surface area (Å²) >= 11 is 12.2. The highest BCUT2D eigenvalue weighted by Crippen LogP contribution is 2.42. The van der Waals surface area contributed by atoms with Gasteiger partial charge in [-0.2, -0.15) is 5.10 Å². The van der Waals surface area contributed by atoms with Crippen molar-refractivity contribution < 1.29 is 22.8 Å². The normalized spacial score (nSPS) is 17.3. The summed E-state index contributed by atoms with van der Waals surface area (Å²) in [5.74, 6) is -1.66. The fourth-order valence-electron chi connectivity index (χ4n) is 5.74. The van der Waals surface area contributed by atoms with Crippen molar-refractivity contribution in [2.75, 3.05) is 13.1 Å². The number of carbonyl (C=O) groups excluding carboxylic acids is 3. The first kappa shape index (κ1) is 33.5. The molecule has 1 aliphatic rings. The second-order valence-electron chi connectivity index (χ2n) is 12.2. The first-order valence-electron chi connectivity index (χ1n) is 14.2. The zero-order valence-electron chi connectivity index (χ0n) is 25.5. The monoisotopic (exact) mass is 661 g/mol. The molecule has 13 heteroatoms. The van der Waals surface area contributed by atoms with Crippen molar-refractivity contribution in [1.82, 2.24) is 24.7 Å². The summed E-state index contributed by atoms with van der Waals surface area (Å²) in [5.41, 5.74) is 1.14. The molecule has 2 heterocycles. The summed E-state index contributed by atoms with van der Waals surface area (Å²) in [6.07, 6.45) is 0.767. The van der Waals surface area contributed by atoms with Crippen molar-refractivity contribution >= 4 is 50.9 Å². The van der Waals surface area contributed by atoms with Gasteiger partial charge < -0.3 is 10.2 Å². The van der Waals surface area contributed by atoms with Crippen LogP contribution in [0.15, 0.2) is 53.4 Å². The average molecular weight is 663 g/mol. The summed E-state index contributed by atoms with van der Waals surface area (Å²) in [6, 6.07) is 12.6. The van der Waals surface area contributed by atoms with E-state index in [1.165, 1.54) is 48.5 Å². The number of aromatic nitrogens is 2. The van der Waals surface area contributed by atoms with Crippen molar-refractivity contribution in [1.29, 1.82) is 0 Å². The first-order valence-corrected chi connectivity index (χ1v) is 16.5. The zero-order valence-corrected chi connectivity index (χ0v) is 27.8. The molecule has 2 aromatic carbocycles. The van der Waals surface area contributed by atoms with Crippen LogP contribution in [0.5, 0.6) is 0 Å². The van der Waals surface area contributed by atoms with Gasteiger partial charge >= 0.3 is 0 Å². The summed E-state index contributed by atoms with van der Waals surface area (Å²) in [5, 5.41) is 7.35. The Kier molecular flexibility index (Phi) is 9.82. The van der Waals surface area contributed by atoms with E-state index in [0.29, 0.717) is 18.1 Å². The lowest BCUT2D eigenvalue weighted by Gasteiger charge is -2.45. The molecule has 1 aliphatic heterocycles. The van der Waals surface area contributed by atoms with E-state index in [2.05, 4.69) is 24.3 Å². The third-order valence-corrected chi connectivity index (χ3v) is 10.3. The fourth-order valence-corrected chi connectivity index (χ4v) is 7.60. The molecule has 0 aliphatic carbocycles. The number of rotatable bonds is 8. The van der Waals surface area contributed by atoms with E-state index in [1.54, 1.807) is 4.90 Å². The van der Waals surface area contributed by atoms with Crippen molar-refractivity contribution in [2.45, 2.75) is 57.9 Å². The van der Waals surface area contributed by atoms with E-state index in [-0.39, 0.29) is 50.0 Å². The number of carbonyl (C=O) groups is 3. The quantitative estimate of drug-likeness (QED) is 0.351. The summed E-state index contributed by atoms with van der Waals surface area (Å²) < 4.78 is 29.0. The van der Waals surface area contributed by atoms with Gasteiger partial charge in [-0.05, 0) is 66.5 Å². The van der Waals surface area contributed by atoms with Crippen LogP contribution >= 0.6 is 23.2 Å². The van der Waals surface area contributed by atoms with Gasteiger partial charge in [-0.15, -0.1) is 0 Å². The van der Waals surface area contributed by atoms with Crippen LogP contribution in [0.2, 0.25) is 10.2 Å². The highest BCUT2D eigenvalue weighted by molar-refractivity contribution is 7.90. The van der Waals surface area contributed by atoms with Gasteiger partial charge in [0.25, 0.3) is 21.8 Å². The maximum atomic E-state index is 13.8. The molecule has 1 saturated heterocycles. The van der Waals surface area contributed by atoms with Crippen LogP contribution in [0.3, 0.4) is 0 Å². The Bertz CT molecular complexity index is 1690. The van der Waals surface area contributed by atoms with Crippen molar-refractivity contribution in [3.05, 3.63) is 81.1 Å². The summed E-state index contributed by atoms with van der Waals surface area (Å²) in [7, 11) is -2.86. The van der Waals surface area contributed by atoms with Crippen LogP contribution in [0.1, 0.15) is 72.0 Å². The Morgan fingerprint density at radius 3 is 2.18 bits per heavy atom. The molecule has 0 radical (unpaired) electrons. The van der Waals surface area contributed by atoms with Crippen LogP contribution in [0.25, 0.3) is 0 Å². The van der Waals surface area contributed by atoms with E-state index < -0.39 is 27.9 Å². The Morgan fingerprint density at radius 2 is 1.64 bits per heavy atom. The molecule has 1 fully saturated rings. The minimum atomic E-state index is -4.34. The molecular formula is C31H37Cl2N5O5S. The molecule has 2 N–H and O–H groups in total. The van der Waals surface area contributed by atoms with Gasteiger partial charge in [-0.25, -0.2) is 13.1 Å². The number of sulfonamides is 1. The van der Waals surface area contributed by atoms with Crippen molar-refractivity contribution in [3.63, 3.8) is 0 Å². The Labute approximate surface area is 268 Å². The maximum absolute atomic E-state index is 13.8. The summed E-state index contributed by atoms with van der Waals surface area (Å²) in [6.45, 7) is 10.5. The van der Waals surface area contributed by atoms with Crippen molar-refractivity contribution in [3.8, 4) is 0 Å². The molecule has 0 bridgehead atoms. The number of nitrogens with one attached hydrogen (secondary N) is 2. The van der Waals surface area contributed by atoms with Crippen LogP contribution in [-0.2, 0) is 21.9 Å². The molecule has 44 heavy (non-hydrogen) atoms. The number of amides is 3. The van der Waals surface area contributed by atoms with Crippen LogP contribution in [-0.4, -0.2) is 60.0 Å². The van der Waals surface area contributed by atoms with Gasteiger partial charge in [0.2, 0.25) is 5.91 Å². The standard InChI is InChI=1S/C31H37Cl2N5O5S/c1-18(2)25(30(41)38-15-14-24(31(4,5)17-38)20-10-12-23(32)13-11-20)34-28(39)21-8-7-9-22(16-21)29(40)36-44(42,43)26-19(3)35-37(6)27(26)33/h7-13,16,18,24-25H,14-15,17H2,1-6H3,(H,34,39)(H,36,40)/t24-,25-/m1/s1. The molecule has 2 atom stereocenters. The highest BCUT2D eigenvalue weighted by atomic mass is 35.5. The van der Waals surface area contributed by atoms with Gasteiger partial charge in [-0.3, -0.25) is 19.1 Å². The average Bonchev–Trinajstić information content (AvgIpc) is 3.22. The lowest BCUT2D eigenvalue weighted by atomic mass is 9.70. The predicted molar refractivity (Wildman–Crippen MR) is 169 cm³/mol. The van der Waals surface area contributed by atoms with Crippen LogP contribution in [0, 0.1) is 18.3 Å². The van der Waals surface area contributed by atoms with E-state index in [9.17, 15) is 22.8 Å². The maximum Gasteiger partial charge on any atom is 0.269 e. The molecule has 3 aromatic rings. The molecule has 3 amide bonds. The summed E-state index contributed by atoms with van der Waals surface area (Å²) in [4.78, 5) is 41.5. The topological polar surface area (TPSA) is 130 Å². The van der Waals surface area contributed by atoms with E-state index in [1.807, 2.05) is 42.8 Å². The SMILES string of the molecule is Cc1nn(C)c(Cl)c1S(=O)(=O)NC(=O)c1cccc(C(=O)N[C@@H](C(=O)N2CC[C@H](c3ccc(Cl)cc3)C(C)(C)C2)C(C)C)c1. The predicted octanol–water partition coefficient (Wildman–Crippen LogP) is 4.95.